The fraction of sp³-hybridized carbons (Fsp3) is 0.333. The first kappa shape index (κ1) is 18.9. The second-order valence-corrected chi connectivity index (χ2v) is 8.39. The van der Waals surface area contributed by atoms with E-state index in [1.165, 1.54) is 34.4 Å². The molecule has 0 aromatic carbocycles. The van der Waals surface area contributed by atoms with Gasteiger partial charge in [-0.3, -0.25) is 9.59 Å². The first-order valence-electron chi connectivity index (χ1n) is 6.81. The molecule has 2 heterocycles. The molecule has 126 valence electrons. The second kappa shape index (κ2) is 9.18. The molecular weight excluding hydrogens is 388 g/mol. The highest BCUT2D eigenvalue weighted by Gasteiger charge is 2.24. The topological polar surface area (TPSA) is 80.0 Å². The summed E-state index contributed by atoms with van der Waals surface area (Å²) in [5, 5.41) is 11.3. The number of ether oxygens (including phenoxy) is 1. The van der Waals surface area contributed by atoms with Gasteiger partial charge < -0.3 is 4.74 Å². The maximum absolute atomic E-state index is 12.0. The van der Waals surface area contributed by atoms with Crippen LogP contribution in [0.15, 0.2) is 17.5 Å². The average Bonchev–Trinajstić information content (AvgIpc) is 3.15. The van der Waals surface area contributed by atoms with Crippen molar-refractivity contribution in [2.45, 2.75) is 18.6 Å². The zero-order valence-electron chi connectivity index (χ0n) is 12.7. The van der Waals surface area contributed by atoms with Crippen LogP contribution in [-0.2, 0) is 20.1 Å². The fourth-order valence-electron chi connectivity index (χ4n) is 1.71. The molecule has 0 fully saturated rings. The zero-order chi connectivity index (χ0) is 17.5. The number of aryl methyl sites for hydroxylation is 1. The predicted molar refractivity (Wildman–Crippen MR) is 96.7 cm³/mol. The number of halogens is 1. The van der Waals surface area contributed by atoms with Gasteiger partial charge >= 0.3 is 5.97 Å². The molecule has 0 saturated carbocycles. The number of nitriles is 1. The van der Waals surface area contributed by atoms with Crippen LogP contribution in [0.1, 0.15) is 21.5 Å². The van der Waals surface area contributed by atoms with Gasteiger partial charge in [0.05, 0.1) is 16.2 Å². The Bertz CT molecular complexity index is 766. The minimum absolute atomic E-state index is 0.135. The highest BCUT2D eigenvalue weighted by atomic mass is 35.5. The van der Waals surface area contributed by atoms with E-state index < -0.39 is 24.3 Å². The third kappa shape index (κ3) is 5.60. The lowest BCUT2D eigenvalue weighted by Gasteiger charge is -2.06. The molecule has 0 unspecified atom stereocenters. The van der Waals surface area contributed by atoms with Crippen molar-refractivity contribution in [3.63, 3.8) is 0 Å². The van der Waals surface area contributed by atoms with Gasteiger partial charge in [0.1, 0.15) is 5.01 Å². The smallest absolute Gasteiger partial charge is 0.316 e. The zero-order valence-corrected chi connectivity index (χ0v) is 15.9. The monoisotopic (exact) mass is 400 g/mol. The van der Waals surface area contributed by atoms with Gasteiger partial charge in [0.2, 0.25) is 0 Å². The van der Waals surface area contributed by atoms with Gasteiger partial charge in [-0.25, -0.2) is 4.98 Å². The minimum Gasteiger partial charge on any atom is -0.457 e. The summed E-state index contributed by atoms with van der Waals surface area (Å²) in [6.07, 6.45) is 0. The van der Waals surface area contributed by atoms with Gasteiger partial charge in [0, 0.05) is 21.7 Å². The normalized spacial score (nSPS) is 11.7. The summed E-state index contributed by atoms with van der Waals surface area (Å²) in [5.74, 6) is -1.15. The SMILES string of the molecule is Cc1csc([C@@H](C#N)C(=O)COC(=O)CSCc2ccc(Cl)s2)n1. The van der Waals surface area contributed by atoms with Crippen LogP contribution in [0.2, 0.25) is 4.34 Å². The Morgan fingerprint density at radius 1 is 1.50 bits per heavy atom. The largest absolute Gasteiger partial charge is 0.457 e. The predicted octanol–water partition coefficient (Wildman–Crippen LogP) is 3.82. The molecule has 0 radical (unpaired) electrons. The Morgan fingerprint density at radius 2 is 2.29 bits per heavy atom. The van der Waals surface area contributed by atoms with E-state index in [0.717, 1.165) is 10.6 Å². The molecule has 0 bridgehead atoms. The maximum Gasteiger partial charge on any atom is 0.316 e. The number of thioether (sulfide) groups is 1. The molecule has 2 aromatic rings. The van der Waals surface area contributed by atoms with Crippen LogP contribution in [0.3, 0.4) is 0 Å². The van der Waals surface area contributed by atoms with Crippen LogP contribution in [0.5, 0.6) is 0 Å². The maximum atomic E-state index is 12.0. The standard InChI is InChI=1S/C15H13ClN2O3S3/c1-9-6-23-15(18-9)11(4-17)12(19)5-21-14(20)8-22-7-10-2-3-13(16)24-10/h2-3,6,11H,5,7-8H2,1H3/t11-/m0/s1. The Labute approximate surface area is 156 Å². The Morgan fingerprint density at radius 3 is 2.88 bits per heavy atom. The lowest BCUT2D eigenvalue weighted by molar-refractivity contribution is -0.145. The van der Waals surface area contributed by atoms with Gasteiger partial charge in [-0.05, 0) is 19.1 Å². The van der Waals surface area contributed by atoms with Gasteiger partial charge in [-0.2, -0.15) is 5.26 Å². The van der Waals surface area contributed by atoms with Crippen LogP contribution < -0.4 is 0 Å². The van der Waals surface area contributed by atoms with Crippen LogP contribution in [0, 0.1) is 18.3 Å². The molecule has 0 aliphatic carbocycles. The molecule has 0 aliphatic rings. The number of esters is 1. The molecule has 0 amide bonds. The summed E-state index contributed by atoms with van der Waals surface area (Å²) in [7, 11) is 0. The number of thiazole rings is 1. The molecule has 5 nitrogen and oxygen atoms in total. The van der Waals surface area contributed by atoms with E-state index in [4.69, 9.17) is 21.6 Å². The highest BCUT2D eigenvalue weighted by molar-refractivity contribution is 7.99. The fourth-order valence-corrected chi connectivity index (χ4v) is 4.59. The Kier molecular flexibility index (Phi) is 7.24. The number of carbonyl (C=O) groups is 2. The van der Waals surface area contributed by atoms with Crippen LogP contribution in [0.25, 0.3) is 0 Å². The lowest BCUT2D eigenvalue weighted by atomic mass is 10.1. The molecule has 0 N–H and O–H groups in total. The number of ketones is 1. The molecule has 9 heteroatoms. The number of rotatable bonds is 8. The summed E-state index contributed by atoms with van der Waals surface area (Å²) >= 11 is 9.93. The van der Waals surface area contributed by atoms with E-state index in [2.05, 4.69) is 4.98 Å². The third-order valence-electron chi connectivity index (χ3n) is 2.80. The van der Waals surface area contributed by atoms with Crippen LogP contribution >= 0.6 is 46.0 Å². The molecular formula is C15H13ClN2O3S3. The number of hydrogen-bond acceptors (Lipinski definition) is 8. The first-order chi connectivity index (χ1) is 11.5. The molecule has 0 spiro atoms. The van der Waals surface area contributed by atoms with Crippen molar-refractivity contribution in [1.29, 1.82) is 5.26 Å². The number of thiophene rings is 1. The van der Waals surface area contributed by atoms with Crippen molar-refractivity contribution in [2.24, 2.45) is 0 Å². The summed E-state index contributed by atoms with van der Waals surface area (Å²) < 4.78 is 5.66. The van der Waals surface area contributed by atoms with E-state index in [9.17, 15) is 9.59 Å². The summed E-state index contributed by atoms with van der Waals surface area (Å²) in [4.78, 5) is 28.9. The molecule has 1 atom stereocenters. The van der Waals surface area contributed by atoms with E-state index >= 15 is 0 Å². The Balaban J connectivity index is 1.74. The molecule has 24 heavy (non-hydrogen) atoms. The summed E-state index contributed by atoms with van der Waals surface area (Å²) in [6.45, 7) is 1.37. The van der Waals surface area contributed by atoms with Gasteiger partial charge in [-0.1, -0.05) is 11.6 Å². The minimum atomic E-state index is -0.989. The quantitative estimate of drug-likeness (QED) is 0.626. The van der Waals surface area contributed by atoms with Crippen molar-refractivity contribution >= 4 is 57.8 Å². The summed E-state index contributed by atoms with van der Waals surface area (Å²) in [6, 6.07) is 5.63. The van der Waals surface area contributed by atoms with Crippen molar-refractivity contribution in [3.05, 3.63) is 37.4 Å². The third-order valence-corrected chi connectivity index (χ3v) is 6.20. The molecule has 2 rings (SSSR count). The average molecular weight is 401 g/mol. The first-order valence-corrected chi connectivity index (χ1v) is 10.0. The van der Waals surface area contributed by atoms with E-state index in [1.807, 2.05) is 18.2 Å². The number of hydrogen-bond donors (Lipinski definition) is 0. The molecule has 0 aliphatic heterocycles. The number of nitrogens with zero attached hydrogens (tertiary/aromatic N) is 2. The van der Waals surface area contributed by atoms with Gasteiger partial charge in [-0.15, -0.1) is 34.4 Å². The summed E-state index contributed by atoms with van der Waals surface area (Å²) in [5.41, 5.74) is 0.755. The van der Waals surface area contributed by atoms with Crippen LogP contribution in [-0.4, -0.2) is 29.1 Å². The van der Waals surface area contributed by atoms with Gasteiger partial charge in [0.25, 0.3) is 0 Å². The number of carbonyl (C=O) groups excluding carboxylic acids is 2. The van der Waals surface area contributed by atoms with Crippen molar-refractivity contribution < 1.29 is 14.3 Å². The number of Topliss-reactive ketones (excluding diaryl/α,β-unsaturated/α-hetero) is 1. The molecule has 0 saturated heterocycles. The molecule has 2 aromatic heterocycles. The number of aromatic nitrogens is 1. The van der Waals surface area contributed by atoms with E-state index in [0.29, 0.717) is 15.1 Å². The van der Waals surface area contributed by atoms with Crippen molar-refractivity contribution in [2.75, 3.05) is 12.4 Å². The second-order valence-electron chi connectivity index (χ2n) is 4.71. The van der Waals surface area contributed by atoms with E-state index in [-0.39, 0.29) is 5.75 Å². The lowest BCUT2D eigenvalue weighted by Crippen LogP contribution is -2.20. The highest BCUT2D eigenvalue weighted by Crippen LogP contribution is 2.25. The van der Waals surface area contributed by atoms with Crippen LogP contribution in [0.4, 0.5) is 0 Å². The van der Waals surface area contributed by atoms with E-state index in [1.54, 1.807) is 12.3 Å². The van der Waals surface area contributed by atoms with Crippen molar-refractivity contribution in [3.8, 4) is 6.07 Å². The van der Waals surface area contributed by atoms with Crippen molar-refractivity contribution in [1.82, 2.24) is 4.98 Å². The van der Waals surface area contributed by atoms with Gasteiger partial charge in [0.15, 0.2) is 18.3 Å². The Hall–Kier alpha value is -1.40.